The summed E-state index contributed by atoms with van der Waals surface area (Å²) in [7, 11) is 0. The van der Waals surface area contributed by atoms with E-state index in [1.165, 1.54) is 23.0 Å². The van der Waals surface area contributed by atoms with Crippen LogP contribution in [0.25, 0.3) is 0 Å². The Hall–Kier alpha value is -0.490. The summed E-state index contributed by atoms with van der Waals surface area (Å²) in [5.41, 5.74) is 5.49. The molecule has 2 heterocycles. The quantitative estimate of drug-likeness (QED) is 0.761. The summed E-state index contributed by atoms with van der Waals surface area (Å²) < 4.78 is 3.99. The fourth-order valence-electron chi connectivity index (χ4n) is 1.35. The molecule has 0 aromatic carbocycles. The van der Waals surface area contributed by atoms with Crippen molar-refractivity contribution in [2.75, 3.05) is 28.7 Å². The molecule has 6 heteroatoms. The van der Waals surface area contributed by atoms with Crippen molar-refractivity contribution in [3.63, 3.8) is 0 Å². The zero-order valence-electron chi connectivity index (χ0n) is 7.43. The predicted molar refractivity (Wildman–Crippen MR) is 58.5 cm³/mol. The van der Waals surface area contributed by atoms with E-state index in [4.69, 9.17) is 5.73 Å². The van der Waals surface area contributed by atoms with Gasteiger partial charge in [-0.05, 0) is 6.92 Å². The molecule has 1 saturated heterocycles. The van der Waals surface area contributed by atoms with Crippen LogP contribution in [0.15, 0.2) is 0 Å². The molecule has 0 saturated carbocycles. The number of nitrogen functional groups attached to an aromatic ring is 1. The van der Waals surface area contributed by atoms with Gasteiger partial charge in [0.1, 0.15) is 0 Å². The Morgan fingerprint density at radius 1 is 1.62 bits per heavy atom. The summed E-state index contributed by atoms with van der Waals surface area (Å²) in [6.45, 7) is 3.27. The summed E-state index contributed by atoms with van der Waals surface area (Å²) in [5, 5.41) is 0.963. The Bertz CT molecular complexity index is 288. The van der Waals surface area contributed by atoms with Crippen molar-refractivity contribution >= 4 is 34.4 Å². The second-order valence-corrected chi connectivity index (χ2v) is 4.93. The van der Waals surface area contributed by atoms with Gasteiger partial charge in [-0.2, -0.15) is 21.1 Å². The standard InChI is InChI=1S/C7H12N4S2/c1-5-4-12-3-2-11(5)7-9-6(8)10-13-7/h5H,2-4H2,1H3,(H2,8,10). The molecule has 0 spiro atoms. The SMILES string of the molecule is CC1CSCCN1c1nc(N)ns1. The summed E-state index contributed by atoms with van der Waals surface area (Å²) in [4.78, 5) is 6.47. The van der Waals surface area contributed by atoms with Crippen LogP contribution in [-0.4, -0.2) is 33.4 Å². The Morgan fingerprint density at radius 2 is 2.46 bits per heavy atom. The van der Waals surface area contributed by atoms with E-state index >= 15 is 0 Å². The van der Waals surface area contributed by atoms with E-state index in [-0.39, 0.29) is 0 Å². The summed E-state index contributed by atoms with van der Waals surface area (Å²) in [5.74, 6) is 2.73. The van der Waals surface area contributed by atoms with Gasteiger partial charge in [0.15, 0.2) is 0 Å². The molecule has 1 unspecified atom stereocenters. The van der Waals surface area contributed by atoms with Gasteiger partial charge in [-0.15, -0.1) is 0 Å². The topological polar surface area (TPSA) is 55.0 Å². The first-order chi connectivity index (χ1) is 6.27. The van der Waals surface area contributed by atoms with Gasteiger partial charge in [-0.25, -0.2) is 0 Å². The maximum atomic E-state index is 5.49. The van der Waals surface area contributed by atoms with E-state index in [1.54, 1.807) is 0 Å². The van der Waals surface area contributed by atoms with E-state index in [9.17, 15) is 0 Å². The van der Waals surface area contributed by atoms with Gasteiger partial charge in [0.2, 0.25) is 11.1 Å². The average Bonchev–Trinajstić information content (AvgIpc) is 2.53. The minimum Gasteiger partial charge on any atom is -0.367 e. The van der Waals surface area contributed by atoms with Gasteiger partial charge in [0, 0.05) is 35.6 Å². The smallest absolute Gasteiger partial charge is 0.233 e. The van der Waals surface area contributed by atoms with Crippen LogP contribution >= 0.6 is 23.3 Å². The normalized spacial score (nSPS) is 23.5. The molecule has 1 fully saturated rings. The number of hydrogen-bond acceptors (Lipinski definition) is 6. The van der Waals surface area contributed by atoms with Crippen molar-refractivity contribution in [1.29, 1.82) is 0 Å². The molecule has 1 aromatic heterocycles. The minimum absolute atomic E-state index is 0.394. The maximum Gasteiger partial charge on any atom is 0.233 e. The van der Waals surface area contributed by atoms with Crippen molar-refractivity contribution in [2.24, 2.45) is 0 Å². The highest BCUT2D eigenvalue weighted by molar-refractivity contribution is 7.99. The van der Waals surface area contributed by atoms with Crippen LogP contribution in [0.4, 0.5) is 11.1 Å². The number of nitrogens with zero attached hydrogens (tertiary/aromatic N) is 3. The third-order valence-electron chi connectivity index (χ3n) is 2.04. The van der Waals surface area contributed by atoms with Crippen molar-refractivity contribution < 1.29 is 0 Å². The molecule has 2 N–H and O–H groups in total. The van der Waals surface area contributed by atoms with Gasteiger partial charge in [-0.3, -0.25) is 0 Å². The van der Waals surface area contributed by atoms with E-state index in [1.807, 2.05) is 11.8 Å². The van der Waals surface area contributed by atoms with Gasteiger partial charge in [0.05, 0.1) is 0 Å². The highest BCUT2D eigenvalue weighted by atomic mass is 32.2. The lowest BCUT2D eigenvalue weighted by Gasteiger charge is -2.32. The predicted octanol–water partition coefficient (Wildman–Crippen LogP) is 1.06. The second kappa shape index (κ2) is 3.71. The Labute approximate surface area is 85.7 Å². The van der Waals surface area contributed by atoms with E-state index in [0.29, 0.717) is 12.0 Å². The Morgan fingerprint density at radius 3 is 3.08 bits per heavy atom. The lowest BCUT2D eigenvalue weighted by Crippen LogP contribution is -2.40. The molecule has 13 heavy (non-hydrogen) atoms. The zero-order chi connectivity index (χ0) is 9.26. The monoisotopic (exact) mass is 216 g/mol. The molecule has 72 valence electrons. The van der Waals surface area contributed by atoms with Crippen LogP contribution < -0.4 is 10.6 Å². The molecule has 1 atom stereocenters. The molecule has 0 aliphatic carbocycles. The average molecular weight is 216 g/mol. The molecule has 2 rings (SSSR count). The van der Waals surface area contributed by atoms with Crippen molar-refractivity contribution in [3.8, 4) is 0 Å². The highest BCUT2D eigenvalue weighted by Crippen LogP contribution is 2.25. The fraction of sp³-hybridized carbons (Fsp3) is 0.714. The molecule has 0 bridgehead atoms. The minimum atomic E-state index is 0.394. The number of thioether (sulfide) groups is 1. The molecule has 1 aromatic rings. The maximum absolute atomic E-state index is 5.49. The van der Waals surface area contributed by atoms with Crippen LogP contribution in [0.1, 0.15) is 6.92 Å². The molecule has 1 aliphatic rings. The second-order valence-electron chi connectivity index (χ2n) is 3.05. The molecular formula is C7H12N4S2. The first-order valence-corrected chi connectivity index (χ1v) is 6.14. The Balaban J connectivity index is 2.14. The molecular weight excluding hydrogens is 204 g/mol. The first-order valence-electron chi connectivity index (χ1n) is 4.21. The number of rotatable bonds is 1. The molecule has 0 radical (unpaired) electrons. The molecule has 1 aliphatic heterocycles. The summed E-state index contributed by atoms with van der Waals surface area (Å²) in [6.07, 6.45) is 0. The van der Waals surface area contributed by atoms with Crippen molar-refractivity contribution in [3.05, 3.63) is 0 Å². The van der Waals surface area contributed by atoms with Crippen molar-refractivity contribution in [2.45, 2.75) is 13.0 Å². The van der Waals surface area contributed by atoms with E-state index in [0.717, 1.165) is 11.7 Å². The zero-order valence-corrected chi connectivity index (χ0v) is 9.07. The molecule has 4 nitrogen and oxygen atoms in total. The summed E-state index contributed by atoms with van der Waals surface area (Å²) >= 11 is 3.38. The molecule has 0 amide bonds. The lowest BCUT2D eigenvalue weighted by molar-refractivity contribution is 0.698. The number of anilines is 2. The fourth-order valence-corrected chi connectivity index (χ4v) is 3.09. The van der Waals surface area contributed by atoms with Gasteiger partial charge < -0.3 is 10.6 Å². The first kappa shape index (κ1) is 9.08. The van der Waals surface area contributed by atoms with Crippen LogP contribution in [0, 0.1) is 0 Å². The van der Waals surface area contributed by atoms with Crippen molar-refractivity contribution in [1.82, 2.24) is 9.36 Å². The third kappa shape index (κ3) is 1.88. The summed E-state index contributed by atoms with van der Waals surface area (Å²) in [6, 6.07) is 0.547. The Kier molecular flexibility index (Phi) is 2.59. The van der Waals surface area contributed by atoms with E-state index < -0.39 is 0 Å². The van der Waals surface area contributed by atoms with E-state index in [2.05, 4.69) is 21.2 Å². The van der Waals surface area contributed by atoms with Gasteiger partial charge in [-0.1, -0.05) is 0 Å². The van der Waals surface area contributed by atoms with Crippen LogP contribution in [0.2, 0.25) is 0 Å². The number of hydrogen-bond donors (Lipinski definition) is 1. The lowest BCUT2D eigenvalue weighted by atomic mass is 10.3. The van der Waals surface area contributed by atoms with Crippen LogP contribution in [0.3, 0.4) is 0 Å². The highest BCUT2D eigenvalue weighted by Gasteiger charge is 2.21. The third-order valence-corrected chi connectivity index (χ3v) is 4.00. The van der Waals surface area contributed by atoms with Crippen LogP contribution in [0.5, 0.6) is 0 Å². The van der Waals surface area contributed by atoms with Gasteiger partial charge in [0.25, 0.3) is 0 Å². The number of nitrogens with two attached hydrogens (primary N) is 1. The number of aromatic nitrogens is 2. The van der Waals surface area contributed by atoms with Gasteiger partial charge >= 0.3 is 0 Å². The largest absolute Gasteiger partial charge is 0.367 e. The van der Waals surface area contributed by atoms with Crippen LogP contribution in [-0.2, 0) is 0 Å².